The van der Waals surface area contributed by atoms with Crippen LogP contribution < -0.4 is 11.1 Å². The van der Waals surface area contributed by atoms with Gasteiger partial charge in [0.05, 0.1) is 6.54 Å². The van der Waals surface area contributed by atoms with Crippen LogP contribution in [-0.4, -0.2) is 66.3 Å². The van der Waals surface area contributed by atoms with Gasteiger partial charge >= 0.3 is 0 Å². The number of carbonyl (C=O) groups excluding carboxylic acids is 3. The van der Waals surface area contributed by atoms with Gasteiger partial charge in [-0.2, -0.15) is 0 Å². The lowest BCUT2D eigenvalue weighted by Crippen LogP contribution is -2.63. The molecular weight excluding hydrogens is 320 g/mol. The number of piperidine rings is 1. The molecule has 134 valence electrons. The van der Waals surface area contributed by atoms with Gasteiger partial charge in [0.25, 0.3) is 5.91 Å². The van der Waals surface area contributed by atoms with Crippen LogP contribution in [0.4, 0.5) is 0 Å². The molecular formula is C18H24N4O3. The van der Waals surface area contributed by atoms with E-state index >= 15 is 0 Å². The third-order valence-corrected chi connectivity index (χ3v) is 5.10. The van der Waals surface area contributed by atoms with E-state index in [0.717, 1.165) is 25.9 Å². The summed E-state index contributed by atoms with van der Waals surface area (Å²) in [4.78, 5) is 39.4. The Morgan fingerprint density at radius 1 is 1.08 bits per heavy atom. The number of likely N-dealkylation sites (tertiary alicyclic amines) is 2. The summed E-state index contributed by atoms with van der Waals surface area (Å²) >= 11 is 0. The highest BCUT2D eigenvalue weighted by atomic mass is 16.2. The average Bonchev–Trinajstić information content (AvgIpc) is 2.59. The predicted molar refractivity (Wildman–Crippen MR) is 92.6 cm³/mol. The molecule has 2 aliphatic heterocycles. The Kier molecular flexibility index (Phi) is 5.33. The van der Waals surface area contributed by atoms with Gasteiger partial charge in [-0.1, -0.05) is 18.2 Å². The van der Waals surface area contributed by atoms with E-state index < -0.39 is 0 Å². The highest BCUT2D eigenvalue weighted by Crippen LogP contribution is 2.23. The second-order valence-electron chi connectivity index (χ2n) is 6.71. The Bertz CT molecular complexity index is 635. The fraction of sp³-hybridized carbons (Fsp3) is 0.500. The molecule has 3 N–H and O–H groups in total. The molecule has 0 saturated carbocycles. The fourth-order valence-corrected chi connectivity index (χ4v) is 3.40. The van der Waals surface area contributed by atoms with E-state index in [1.165, 1.54) is 0 Å². The van der Waals surface area contributed by atoms with Crippen LogP contribution in [0.1, 0.15) is 23.2 Å². The Labute approximate surface area is 147 Å². The first-order valence-corrected chi connectivity index (χ1v) is 8.69. The van der Waals surface area contributed by atoms with Crippen molar-refractivity contribution in [2.24, 2.45) is 11.7 Å². The van der Waals surface area contributed by atoms with E-state index in [2.05, 4.69) is 10.2 Å². The number of nitrogens with two attached hydrogens (primary N) is 1. The summed E-state index contributed by atoms with van der Waals surface area (Å²) in [6.07, 6.45) is 1.60. The molecule has 7 nitrogen and oxygen atoms in total. The number of hydrogen-bond donors (Lipinski definition) is 2. The van der Waals surface area contributed by atoms with Gasteiger partial charge in [0.2, 0.25) is 11.8 Å². The first kappa shape index (κ1) is 17.4. The van der Waals surface area contributed by atoms with E-state index in [1.54, 1.807) is 29.2 Å². The molecule has 1 aromatic carbocycles. The smallest absolute Gasteiger partial charge is 0.251 e. The van der Waals surface area contributed by atoms with E-state index in [9.17, 15) is 14.4 Å². The van der Waals surface area contributed by atoms with Crippen LogP contribution in [0.2, 0.25) is 0 Å². The molecule has 0 bridgehead atoms. The van der Waals surface area contributed by atoms with Crippen LogP contribution in [0.3, 0.4) is 0 Å². The Morgan fingerprint density at radius 2 is 1.72 bits per heavy atom. The normalized spacial score (nSPS) is 19.3. The average molecular weight is 344 g/mol. The highest BCUT2D eigenvalue weighted by molar-refractivity contribution is 5.96. The van der Waals surface area contributed by atoms with Gasteiger partial charge in [-0.3, -0.25) is 19.3 Å². The second kappa shape index (κ2) is 7.65. The van der Waals surface area contributed by atoms with Crippen molar-refractivity contribution in [2.75, 3.05) is 32.7 Å². The summed E-state index contributed by atoms with van der Waals surface area (Å²) < 4.78 is 0. The largest absolute Gasteiger partial charge is 0.369 e. The fourth-order valence-electron chi connectivity index (χ4n) is 3.40. The first-order valence-electron chi connectivity index (χ1n) is 8.69. The lowest BCUT2D eigenvalue weighted by Gasteiger charge is -2.47. The Hall–Kier alpha value is -2.41. The van der Waals surface area contributed by atoms with Gasteiger partial charge in [0.1, 0.15) is 0 Å². The summed E-state index contributed by atoms with van der Waals surface area (Å²) in [6.45, 7) is 3.09. The van der Waals surface area contributed by atoms with Crippen LogP contribution >= 0.6 is 0 Å². The van der Waals surface area contributed by atoms with Crippen LogP contribution in [0.15, 0.2) is 30.3 Å². The molecule has 2 aliphatic rings. The first-order chi connectivity index (χ1) is 12.0. The van der Waals surface area contributed by atoms with E-state index in [1.807, 2.05) is 6.07 Å². The van der Waals surface area contributed by atoms with Gasteiger partial charge in [-0.25, -0.2) is 0 Å². The van der Waals surface area contributed by atoms with Crippen molar-refractivity contribution in [3.8, 4) is 0 Å². The van der Waals surface area contributed by atoms with Crippen LogP contribution in [0.5, 0.6) is 0 Å². The van der Waals surface area contributed by atoms with Gasteiger partial charge in [0.15, 0.2) is 0 Å². The maximum absolute atomic E-state index is 12.2. The summed E-state index contributed by atoms with van der Waals surface area (Å²) in [5, 5.41) is 2.67. The zero-order valence-electron chi connectivity index (χ0n) is 14.2. The maximum atomic E-state index is 12.2. The minimum Gasteiger partial charge on any atom is -0.369 e. The van der Waals surface area contributed by atoms with E-state index in [4.69, 9.17) is 5.73 Å². The summed E-state index contributed by atoms with van der Waals surface area (Å²) in [7, 11) is 0. The molecule has 0 atom stereocenters. The third-order valence-electron chi connectivity index (χ3n) is 5.10. The zero-order valence-corrected chi connectivity index (χ0v) is 14.2. The second-order valence-corrected chi connectivity index (χ2v) is 6.71. The van der Waals surface area contributed by atoms with Crippen LogP contribution in [0.25, 0.3) is 0 Å². The molecule has 7 heteroatoms. The number of rotatable bonds is 5. The number of amides is 3. The summed E-state index contributed by atoms with van der Waals surface area (Å²) in [5.74, 6) is -0.520. The topological polar surface area (TPSA) is 95.7 Å². The standard InChI is InChI=1S/C18H24N4O3/c19-17(24)13-6-8-21(9-7-13)15-11-22(12-15)16(23)10-20-18(25)14-4-2-1-3-5-14/h1-5,13,15H,6-12H2,(H2,19,24)(H,20,25). The minimum absolute atomic E-state index is 0.0118. The molecule has 0 aliphatic carbocycles. The number of carbonyl (C=O) groups is 3. The minimum atomic E-state index is -0.237. The van der Waals surface area contributed by atoms with Gasteiger partial charge < -0.3 is 16.0 Å². The maximum Gasteiger partial charge on any atom is 0.251 e. The van der Waals surface area contributed by atoms with Crippen molar-refractivity contribution < 1.29 is 14.4 Å². The highest BCUT2D eigenvalue weighted by Gasteiger charge is 2.36. The van der Waals surface area contributed by atoms with Crippen molar-refractivity contribution in [1.29, 1.82) is 0 Å². The third kappa shape index (κ3) is 4.17. The Balaban J connectivity index is 1.37. The van der Waals surface area contributed by atoms with Crippen LogP contribution in [-0.2, 0) is 9.59 Å². The number of primary amides is 1. The number of nitrogens with one attached hydrogen (secondary N) is 1. The quantitative estimate of drug-likeness (QED) is 0.775. The lowest BCUT2D eigenvalue weighted by molar-refractivity contribution is -0.138. The number of nitrogens with zero attached hydrogens (tertiary/aromatic N) is 2. The predicted octanol–water partition coefficient (Wildman–Crippen LogP) is -0.175. The molecule has 25 heavy (non-hydrogen) atoms. The molecule has 0 radical (unpaired) electrons. The molecule has 2 heterocycles. The monoisotopic (exact) mass is 344 g/mol. The zero-order chi connectivity index (χ0) is 17.8. The van der Waals surface area contributed by atoms with Crippen molar-refractivity contribution in [1.82, 2.24) is 15.1 Å². The molecule has 0 unspecified atom stereocenters. The number of benzene rings is 1. The van der Waals surface area contributed by atoms with E-state index in [0.29, 0.717) is 24.7 Å². The van der Waals surface area contributed by atoms with Crippen molar-refractivity contribution >= 4 is 17.7 Å². The number of hydrogen-bond acceptors (Lipinski definition) is 4. The van der Waals surface area contributed by atoms with Crippen molar-refractivity contribution in [3.63, 3.8) is 0 Å². The molecule has 1 aromatic rings. The van der Waals surface area contributed by atoms with Gasteiger partial charge in [-0.05, 0) is 38.1 Å². The van der Waals surface area contributed by atoms with E-state index in [-0.39, 0.29) is 30.2 Å². The SMILES string of the molecule is NC(=O)C1CCN(C2CN(C(=O)CNC(=O)c3ccccc3)C2)CC1. The van der Waals surface area contributed by atoms with Gasteiger partial charge in [0, 0.05) is 30.6 Å². The Morgan fingerprint density at radius 3 is 2.32 bits per heavy atom. The van der Waals surface area contributed by atoms with Gasteiger partial charge in [-0.15, -0.1) is 0 Å². The summed E-state index contributed by atoms with van der Waals surface area (Å²) in [6, 6.07) is 9.21. The molecule has 2 saturated heterocycles. The van der Waals surface area contributed by atoms with Crippen molar-refractivity contribution in [2.45, 2.75) is 18.9 Å². The molecule has 2 fully saturated rings. The summed E-state index contributed by atoms with van der Waals surface area (Å²) in [5.41, 5.74) is 5.90. The molecule has 0 spiro atoms. The van der Waals surface area contributed by atoms with Crippen LogP contribution in [0, 0.1) is 5.92 Å². The van der Waals surface area contributed by atoms with Crippen molar-refractivity contribution in [3.05, 3.63) is 35.9 Å². The molecule has 0 aromatic heterocycles. The lowest BCUT2D eigenvalue weighted by atomic mass is 9.94. The molecule has 3 rings (SSSR count). The molecule has 3 amide bonds.